The van der Waals surface area contributed by atoms with E-state index in [2.05, 4.69) is 24.1 Å². The molecule has 1 atom stereocenters. The molecule has 0 spiro atoms. The lowest BCUT2D eigenvalue weighted by Gasteiger charge is -2.31. The van der Waals surface area contributed by atoms with Crippen LogP contribution in [0, 0.1) is 5.92 Å². The average Bonchev–Trinajstić information content (AvgIpc) is 2.79. The fourth-order valence-electron chi connectivity index (χ4n) is 4.08. The number of rotatable bonds is 9. The van der Waals surface area contributed by atoms with Crippen LogP contribution < -0.4 is 10.2 Å². The molecule has 2 aliphatic rings. The Hall–Kier alpha value is -1.68. The quantitative estimate of drug-likeness (QED) is 0.600. The minimum absolute atomic E-state index is 0.0123. The molecule has 1 unspecified atom stereocenters. The van der Waals surface area contributed by atoms with Gasteiger partial charge in [0.15, 0.2) is 0 Å². The number of hydrogen-bond donors (Lipinski definition) is 1. The van der Waals surface area contributed by atoms with Crippen molar-refractivity contribution in [3.63, 3.8) is 0 Å². The van der Waals surface area contributed by atoms with Crippen molar-refractivity contribution in [3.8, 4) is 0 Å². The van der Waals surface area contributed by atoms with Crippen molar-refractivity contribution in [2.75, 3.05) is 57.5 Å². The summed E-state index contributed by atoms with van der Waals surface area (Å²) >= 11 is 0. The van der Waals surface area contributed by atoms with Crippen molar-refractivity contribution >= 4 is 21.6 Å². The van der Waals surface area contributed by atoms with E-state index < -0.39 is 10.0 Å². The summed E-state index contributed by atoms with van der Waals surface area (Å²) in [6.45, 7) is 10.3. The number of hydrogen-bond acceptors (Lipinski definition) is 6. The van der Waals surface area contributed by atoms with Gasteiger partial charge in [0.2, 0.25) is 10.0 Å². The van der Waals surface area contributed by atoms with Crippen LogP contribution in [0.5, 0.6) is 0 Å². The molecule has 180 valence electrons. The number of benzene rings is 1. The van der Waals surface area contributed by atoms with Crippen LogP contribution in [0.25, 0.3) is 0 Å². The Balaban J connectivity index is 1.84. The number of sulfonamides is 1. The maximum atomic E-state index is 13.3. The monoisotopic (exact) mass is 467 g/mol. The number of nitrogens with one attached hydrogen (secondary N) is 1. The Bertz CT molecular complexity index is 862. The van der Waals surface area contributed by atoms with E-state index in [9.17, 15) is 13.2 Å². The molecule has 1 aromatic rings. The molecule has 0 radical (unpaired) electrons. The van der Waals surface area contributed by atoms with Gasteiger partial charge in [-0.2, -0.15) is 4.31 Å². The topological polar surface area (TPSA) is 88.2 Å². The van der Waals surface area contributed by atoms with E-state index in [4.69, 9.17) is 9.47 Å². The second-order valence-electron chi connectivity index (χ2n) is 8.99. The van der Waals surface area contributed by atoms with Gasteiger partial charge in [0.25, 0.3) is 5.91 Å². The van der Waals surface area contributed by atoms with Crippen molar-refractivity contribution in [1.82, 2.24) is 9.62 Å². The molecule has 2 saturated heterocycles. The maximum absolute atomic E-state index is 13.3. The number of anilines is 1. The first kappa shape index (κ1) is 25.0. The third-order valence-electron chi connectivity index (χ3n) is 5.97. The molecule has 0 aliphatic carbocycles. The Morgan fingerprint density at radius 3 is 2.25 bits per heavy atom. The van der Waals surface area contributed by atoms with Gasteiger partial charge in [0.05, 0.1) is 36.9 Å². The second-order valence-corrected chi connectivity index (χ2v) is 10.9. The minimum Gasteiger partial charge on any atom is -0.379 e. The summed E-state index contributed by atoms with van der Waals surface area (Å²) in [6.07, 6.45) is 3.05. The second kappa shape index (κ2) is 11.4. The lowest BCUT2D eigenvalue weighted by Crippen LogP contribution is -2.41. The Morgan fingerprint density at radius 1 is 1.00 bits per heavy atom. The molecule has 1 N–H and O–H groups in total. The zero-order chi connectivity index (χ0) is 23.1. The number of amides is 1. The fraction of sp³-hybridized carbons (Fsp3) is 0.696. The van der Waals surface area contributed by atoms with Crippen LogP contribution in [0.4, 0.5) is 5.69 Å². The van der Waals surface area contributed by atoms with E-state index in [1.807, 2.05) is 6.92 Å². The molecule has 0 aromatic heterocycles. The van der Waals surface area contributed by atoms with Gasteiger partial charge in [-0.15, -0.1) is 0 Å². The highest BCUT2D eigenvalue weighted by molar-refractivity contribution is 7.89. The highest BCUT2D eigenvalue weighted by Gasteiger charge is 2.29. The van der Waals surface area contributed by atoms with Gasteiger partial charge in [0, 0.05) is 37.9 Å². The van der Waals surface area contributed by atoms with Crippen molar-refractivity contribution < 1.29 is 22.7 Å². The van der Waals surface area contributed by atoms with E-state index in [1.165, 1.54) is 10.4 Å². The van der Waals surface area contributed by atoms with Crippen LogP contribution in [0.3, 0.4) is 0 Å². The zero-order valence-electron chi connectivity index (χ0n) is 19.5. The molecule has 2 heterocycles. The van der Waals surface area contributed by atoms with E-state index in [-0.39, 0.29) is 16.8 Å². The van der Waals surface area contributed by atoms with Crippen molar-refractivity contribution in [2.24, 2.45) is 5.92 Å². The predicted octanol–water partition coefficient (Wildman–Crippen LogP) is 2.49. The van der Waals surface area contributed by atoms with Gasteiger partial charge >= 0.3 is 0 Å². The standard InChI is InChI=1S/C23H37N3O5S/c1-18(2)5-4-6-19(3)24-23(27)21-17-20(32(28,29)26-11-15-31-16-12-26)7-8-22(21)25-9-13-30-14-10-25/h7-8,17-19H,4-6,9-16H2,1-3H3,(H,24,27). The summed E-state index contributed by atoms with van der Waals surface area (Å²) in [5.74, 6) is 0.399. The maximum Gasteiger partial charge on any atom is 0.253 e. The first-order valence-corrected chi connectivity index (χ1v) is 13.1. The Morgan fingerprint density at radius 2 is 1.62 bits per heavy atom. The third-order valence-corrected chi connectivity index (χ3v) is 7.86. The summed E-state index contributed by atoms with van der Waals surface area (Å²) in [5.41, 5.74) is 1.15. The van der Waals surface area contributed by atoms with Gasteiger partial charge in [-0.05, 0) is 37.5 Å². The van der Waals surface area contributed by atoms with Crippen LogP contribution >= 0.6 is 0 Å². The van der Waals surface area contributed by atoms with Gasteiger partial charge in [-0.25, -0.2) is 8.42 Å². The summed E-state index contributed by atoms with van der Waals surface area (Å²) in [5, 5.41) is 3.08. The lowest BCUT2D eigenvalue weighted by molar-refractivity contribution is 0.0730. The molecule has 2 aliphatic heterocycles. The number of morpholine rings is 2. The van der Waals surface area contributed by atoms with Gasteiger partial charge < -0.3 is 19.7 Å². The Kier molecular flexibility index (Phi) is 8.93. The predicted molar refractivity (Wildman–Crippen MR) is 125 cm³/mol. The molecule has 1 aromatic carbocycles. The molecule has 32 heavy (non-hydrogen) atoms. The normalized spacial score (nSPS) is 19.2. The van der Waals surface area contributed by atoms with E-state index in [1.54, 1.807) is 12.1 Å². The summed E-state index contributed by atoms with van der Waals surface area (Å²) < 4.78 is 38.5. The molecule has 0 bridgehead atoms. The third kappa shape index (κ3) is 6.43. The van der Waals surface area contributed by atoms with Crippen LogP contribution in [-0.4, -0.2) is 77.3 Å². The number of ether oxygens (including phenoxy) is 2. The van der Waals surface area contributed by atoms with E-state index in [0.717, 1.165) is 24.9 Å². The minimum atomic E-state index is -3.69. The first-order chi connectivity index (χ1) is 15.3. The SMILES string of the molecule is CC(C)CCCC(C)NC(=O)c1cc(S(=O)(=O)N2CCOCC2)ccc1N1CCOCC1. The molecule has 9 heteroatoms. The van der Waals surface area contributed by atoms with Crippen LogP contribution in [0.1, 0.15) is 50.4 Å². The van der Waals surface area contributed by atoms with Gasteiger partial charge in [-0.1, -0.05) is 26.7 Å². The smallest absolute Gasteiger partial charge is 0.253 e. The van der Waals surface area contributed by atoms with Crippen molar-refractivity contribution in [2.45, 2.75) is 51.0 Å². The Labute approximate surface area is 192 Å². The molecular weight excluding hydrogens is 430 g/mol. The fourth-order valence-corrected chi connectivity index (χ4v) is 5.51. The highest BCUT2D eigenvalue weighted by Crippen LogP contribution is 2.27. The number of nitrogens with zero attached hydrogens (tertiary/aromatic N) is 2. The highest BCUT2D eigenvalue weighted by atomic mass is 32.2. The molecule has 8 nitrogen and oxygen atoms in total. The molecule has 2 fully saturated rings. The number of carbonyl (C=O) groups is 1. The zero-order valence-corrected chi connectivity index (χ0v) is 20.3. The van der Waals surface area contributed by atoms with Crippen molar-refractivity contribution in [1.29, 1.82) is 0 Å². The van der Waals surface area contributed by atoms with Crippen LogP contribution in [0.15, 0.2) is 23.1 Å². The summed E-state index contributed by atoms with van der Waals surface area (Å²) in [4.78, 5) is 15.5. The van der Waals surface area contributed by atoms with E-state index in [0.29, 0.717) is 64.1 Å². The van der Waals surface area contributed by atoms with Gasteiger partial charge in [-0.3, -0.25) is 4.79 Å². The van der Waals surface area contributed by atoms with Crippen LogP contribution in [-0.2, 0) is 19.5 Å². The van der Waals surface area contributed by atoms with Crippen molar-refractivity contribution in [3.05, 3.63) is 23.8 Å². The average molecular weight is 468 g/mol. The number of carbonyl (C=O) groups excluding carboxylic acids is 1. The van der Waals surface area contributed by atoms with E-state index >= 15 is 0 Å². The lowest BCUT2D eigenvalue weighted by atomic mass is 10.0. The first-order valence-electron chi connectivity index (χ1n) is 11.6. The molecule has 1 amide bonds. The molecule has 0 saturated carbocycles. The summed E-state index contributed by atoms with van der Waals surface area (Å²) in [7, 11) is -3.69. The van der Waals surface area contributed by atoms with Gasteiger partial charge in [0.1, 0.15) is 0 Å². The molecular formula is C23H37N3O5S. The van der Waals surface area contributed by atoms with Crippen LogP contribution in [0.2, 0.25) is 0 Å². The molecule has 3 rings (SSSR count). The summed E-state index contributed by atoms with van der Waals surface area (Å²) in [6, 6.07) is 4.92. The largest absolute Gasteiger partial charge is 0.379 e.